The van der Waals surface area contributed by atoms with Gasteiger partial charge in [-0.05, 0) is 43.5 Å². The number of nitrogens with zero attached hydrogens (tertiary/aromatic N) is 2. The van der Waals surface area contributed by atoms with Crippen LogP contribution < -0.4 is 9.62 Å². The van der Waals surface area contributed by atoms with E-state index in [1.807, 2.05) is 26.0 Å². The second-order valence-corrected chi connectivity index (χ2v) is 10.5. The number of hydrogen-bond donors (Lipinski definition) is 1. The van der Waals surface area contributed by atoms with Crippen LogP contribution in [0.2, 0.25) is 0 Å². The molecule has 0 heterocycles. The first kappa shape index (κ1) is 29.2. The highest BCUT2D eigenvalue weighted by atomic mass is 32.2. The predicted molar refractivity (Wildman–Crippen MR) is 133 cm³/mol. The zero-order valence-corrected chi connectivity index (χ0v) is 21.6. The first-order chi connectivity index (χ1) is 16.8. The molecular formula is C25H32F3N3O4S. The quantitative estimate of drug-likeness (QED) is 0.477. The van der Waals surface area contributed by atoms with E-state index in [9.17, 15) is 31.2 Å². The van der Waals surface area contributed by atoms with Crippen LogP contribution in [0, 0.1) is 6.92 Å². The van der Waals surface area contributed by atoms with Gasteiger partial charge < -0.3 is 10.2 Å². The summed E-state index contributed by atoms with van der Waals surface area (Å²) in [5.41, 5.74) is 0.336. The summed E-state index contributed by atoms with van der Waals surface area (Å²) < 4.78 is 65.5. The molecule has 2 amide bonds. The molecular weight excluding hydrogens is 495 g/mol. The summed E-state index contributed by atoms with van der Waals surface area (Å²) in [6, 6.07) is 10.2. The van der Waals surface area contributed by atoms with E-state index in [4.69, 9.17) is 0 Å². The number of halogens is 3. The Morgan fingerprint density at radius 1 is 1.06 bits per heavy atom. The highest BCUT2D eigenvalue weighted by Crippen LogP contribution is 2.32. The van der Waals surface area contributed by atoms with Gasteiger partial charge in [-0.1, -0.05) is 49.7 Å². The lowest BCUT2D eigenvalue weighted by Gasteiger charge is -2.33. The maximum absolute atomic E-state index is 13.5. The molecule has 198 valence electrons. The third-order valence-corrected chi connectivity index (χ3v) is 6.65. The third-order valence-electron chi connectivity index (χ3n) is 5.51. The van der Waals surface area contributed by atoms with Gasteiger partial charge in [0.25, 0.3) is 0 Å². The number of rotatable bonds is 11. The van der Waals surface area contributed by atoms with E-state index in [0.717, 1.165) is 29.5 Å². The van der Waals surface area contributed by atoms with Gasteiger partial charge in [0.15, 0.2) is 0 Å². The summed E-state index contributed by atoms with van der Waals surface area (Å²) in [4.78, 5) is 27.7. The maximum Gasteiger partial charge on any atom is 0.416 e. The van der Waals surface area contributed by atoms with Crippen molar-refractivity contribution < 1.29 is 31.2 Å². The molecule has 2 rings (SSSR count). The van der Waals surface area contributed by atoms with Gasteiger partial charge >= 0.3 is 6.18 Å². The van der Waals surface area contributed by atoms with Crippen molar-refractivity contribution in [3.8, 4) is 0 Å². The second kappa shape index (κ2) is 12.2. The minimum absolute atomic E-state index is 0.0265. The van der Waals surface area contributed by atoms with Crippen molar-refractivity contribution in [3.05, 3.63) is 65.2 Å². The van der Waals surface area contributed by atoms with E-state index in [0.29, 0.717) is 23.3 Å². The van der Waals surface area contributed by atoms with Gasteiger partial charge in [0.1, 0.15) is 12.6 Å². The van der Waals surface area contributed by atoms with E-state index in [2.05, 4.69) is 5.32 Å². The number of amides is 2. The fourth-order valence-electron chi connectivity index (χ4n) is 3.74. The average Bonchev–Trinajstić information content (AvgIpc) is 2.79. The molecule has 0 spiro atoms. The number of benzene rings is 2. The lowest BCUT2D eigenvalue weighted by Crippen LogP contribution is -2.52. The van der Waals surface area contributed by atoms with Gasteiger partial charge in [0.05, 0.1) is 17.5 Å². The van der Waals surface area contributed by atoms with Crippen molar-refractivity contribution in [2.45, 2.75) is 52.4 Å². The Balaban J connectivity index is 2.48. The Morgan fingerprint density at radius 3 is 2.28 bits per heavy atom. The Bertz CT molecular complexity index is 1170. The van der Waals surface area contributed by atoms with Crippen LogP contribution in [0.25, 0.3) is 0 Å². The summed E-state index contributed by atoms with van der Waals surface area (Å²) in [7, 11) is -4.14. The fourth-order valence-corrected chi connectivity index (χ4v) is 4.59. The Kier molecular flexibility index (Phi) is 9.92. The van der Waals surface area contributed by atoms with Crippen LogP contribution in [0.1, 0.15) is 43.4 Å². The fraction of sp³-hybridized carbons (Fsp3) is 0.440. The molecule has 0 unspecified atom stereocenters. The summed E-state index contributed by atoms with van der Waals surface area (Å²) in [6.45, 7) is 5.16. The van der Waals surface area contributed by atoms with Crippen LogP contribution in [-0.2, 0) is 32.3 Å². The van der Waals surface area contributed by atoms with Gasteiger partial charge in [-0.15, -0.1) is 0 Å². The molecule has 0 fully saturated rings. The van der Waals surface area contributed by atoms with Gasteiger partial charge in [-0.25, -0.2) is 8.42 Å². The van der Waals surface area contributed by atoms with E-state index >= 15 is 0 Å². The van der Waals surface area contributed by atoms with Crippen molar-refractivity contribution >= 4 is 27.5 Å². The Hall–Kier alpha value is -3.08. The number of nitrogens with one attached hydrogen (secondary N) is 1. The lowest BCUT2D eigenvalue weighted by molar-refractivity contribution is -0.140. The van der Waals surface area contributed by atoms with Crippen molar-refractivity contribution in [2.24, 2.45) is 0 Å². The van der Waals surface area contributed by atoms with Crippen LogP contribution in [-0.4, -0.2) is 50.5 Å². The maximum atomic E-state index is 13.5. The van der Waals surface area contributed by atoms with Crippen LogP contribution in [0.3, 0.4) is 0 Å². The van der Waals surface area contributed by atoms with E-state index in [-0.39, 0.29) is 24.6 Å². The van der Waals surface area contributed by atoms with Gasteiger partial charge in [-0.2, -0.15) is 13.2 Å². The number of aryl methyl sites for hydroxylation is 1. The zero-order chi connectivity index (χ0) is 27.1. The minimum Gasteiger partial charge on any atom is -0.354 e. The summed E-state index contributed by atoms with van der Waals surface area (Å²) in [5, 5.41) is 2.77. The number of sulfonamides is 1. The molecule has 0 aromatic heterocycles. The molecule has 36 heavy (non-hydrogen) atoms. The topological polar surface area (TPSA) is 86.8 Å². The molecule has 0 aliphatic heterocycles. The molecule has 0 radical (unpaired) electrons. The first-order valence-corrected chi connectivity index (χ1v) is 13.4. The smallest absolute Gasteiger partial charge is 0.354 e. The lowest BCUT2D eigenvalue weighted by atomic mass is 10.1. The van der Waals surface area contributed by atoms with Gasteiger partial charge in [-0.3, -0.25) is 13.9 Å². The molecule has 0 aliphatic carbocycles. The average molecular weight is 528 g/mol. The van der Waals surface area contributed by atoms with Crippen LogP contribution in [0.5, 0.6) is 0 Å². The predicted octanol–water partition coefficient (Wildman–Crippen LogP) is 4.11. The molecule has 11 heteroatoms. The standard InChI is InChI=1S/C25H32F3N3O4S/c1-5-13-29-24(33)22(6-2)30(16-19-10-7-9-18(3)14-19)23(32)17-31(36(4,34)35)21-12-8-11-20(15-21)25(26,27)28/h7-12,14-15,22H,5-6,13,16-17H2,1-4H3,(H,29,33)/t22-/m0/s1. The number of anilines is 1. The molecule has 1 atom stereocenters. The van der Waals surface area contributed by atoms with Crippen molar-refractivity contribution in [1.82, 2.24) is 10.2 Å². The molecule has 1 N–H and O–H groups in total. The summed E-state index contributed by atoms with van der Waals surface area (Å²) in [5.74, 6) is -1.09. The van der Waals surface area contributed by atoms with Gasteiger partial charge in [0.2, 0.25) is 21.8 Å². The minimum atomic E-state index is -4.69. The molecule has 0 bridgehead atoms. The highest BCUT2D eigenvalue weighted by molar-refractivity contribution is 7.92. The molecule has 0 saturated heterocycles. The first-order valence-electron chi connectivity index (χ1n) is 11.6. The van der Waals surface area contributed by atoms with E-state index < -0.39 is 40.3 Å². The number of hydrogen-bond acceptors (Lipinski definition) is 4. The number of carbonyl (C=O) groups is 2. The molecule has 2 aromatic rings. The van der Waals surface area contributed by atoms with E-state index in [1.54, 1.807) is 19.1 Å². The highest BCUT2D eigenvalue weighted by Gasteiger charge is 2.34. The van der Waals surface area contributed by atoms with Gasteiger partial charge in [0, 0.05) is 13.1 Å². The second-order valence-electron chi connectivity index (χ2n) is 8.54. The Labute approximate surface area is 210 Å². The van der Waals surface area contributed by atoms with Crippen molar-refractivity contribution in [2.75, 3.05) is 23.7 Å². The molecule has 0 saturated carbocycles. The SMILES string of the molecule is CCCNC(=O)[C@H](CC)N(Cc1cccc(C)c1)C(=O)CN(c1cccc(C(F)(F)F)c1)S(C)(=O)=O. The summed E-state index contributed by atoms with van der Waals surface area (Å²) >= 11 is 0. The molecule has 2 aromatic carbocycles. The van der Waals surface area contributed by atoms with Crippen LogP contribution in [0.4, 0.5) is 18.9 Å². The normalized spacial score (nSPS) is 12.6. The van der Waals surface area contributed by atoms with Crippen molar-refractivity contribution in [1.29, 1.82) is 0 Å². The molecule has 7 nitrogen and oxygen atoms in total. The largest absolute Gasteiger partial charge is 0.416 e. The number of alkyl halides is 3. The number of carbonyl (C=O) groups excluding carboxylic acids is 2. The third kappa shape index (κ3) is 7.97. The summed E-state index contributed by atoms with van der Waals surface area (Å²) in [6.07, 6.45) is -2.93. The molecule has 0 aliphatic rings. The Morgan fingerprint density at radius 2 is 1.72 bits per heavy atom. The van der Waals surface area contributed by atoms with Crippen molar-refractivity contribution in [3.63, 3.8) is 0 Å². The monoisotopic (exact) mass is 527 g/mol. The zero-order valence-electron chi connectivity index (χ0n) is 20.8. The van der Waals surface area contributed by atoms with E-state index in [1.165, 1.54) is 11.0 Å². The van der Waals surface area contributed by atoms with Crippen LogP contribution in [0.15, 0.2) is 48.5 Å². The van der Waals surface area contributed by atoms with Crippen LogP contribution >= 0.6 is 0 Å².